The minimum atomic E-state index is -0.325. The zero-order valence-electron chi connectivity index (χ0n) is 15.9. The number of anilines is 1. The molecule has 2 aromatic carbocycles. The lowest BCUT2D eigenvalue weighted by molar-refractivity contribution is 0.101. The Morgan fingerprint density at radius 3 is 2.66 bits per heavy atom. The second-order valence-electron chi connectivity index (χ2n) is 6.44. The molecular weight excluding hydrogens is 375 g/mol. The fraction of sp³-hybridized carbons (Fsp3) is 0.136. The first-order chi connectivity index (χ1) is 14.1. The van der Waals surface area contributed by atoms with Crippen molar-refractivity contribution in [1.82, 2.24) is 4.57 Å². The number of fused-ring (bicyclic) bond motifs is 1. The van der Waals surface area contributed by atoms with Crippen LogP contribution in [0.3, 0.4) is 0 Å². The third kappa shape index (κ3) is 3.67. The molecule has 0 bridgehead atoms. The monoisotopic (exact) mass is 394 g/mol. The van der Waals surface area contributed by atoms with Gasteiger partial charge in [-0.05, 0) is 29.8 Å². The molecule has 1 N–H and O–H groups in total. The van der Waals surface area contributed by atoms with Crippen LogP contribution in [0.15, 0.2) is 65.3 Å². The Balaban J connectivity index is 1.66. The summed E-state index contributed by atoms with van der Waals surface area (Å²) in [5.74, 6) is 0.432. The van der Waals surface area contributed by atoms with Crippen molar-refractivity contribution in [2.24, 2.45) is 0 Å². The minimum Gasteiger partial charge on any atom is -0.493 e. The van der Waals surface area contributed by atoms with Gasteiger partial charge >= 0.3 is 0 Å². The molecule has 7 heteroatoms. The van der Waals surface area contributed by atoms with Crippen LogP contribution < -0.4 is 14.8 Å². The summed E-state index contributed by atoms with van der Waals surface area (Å²) < 4.78 is 31.4. The highest BCUT2D eigenvalue weighted by Gasteiger charge is 2.18. The fourth-order valence-electron chi connectivity index (χ4n) is 3.26. The lowest BCUT2D eigenvalue weighted by atomic mass is 10.2. The molecule has 1 amide bonds. The van der Waals surface area contributed by atoms with Gasteiger partial charge in [-0.15, -0.1) is 0 Å². The Hall–Kier alpha value is -3.74. The minimum absolute atomic E-state index is 0.319. The van der Waals surface area contributed by atoms with Crippen LogP contribution in [0.25, 0.3) is 11.1 Å². The number of hydrogen-bond donors (Lipinski definition) is 1. The SMILES string of the molecule is COc1ccc(NC(=O)c2cc3occc3n2Cc2cccc(F)c2)cc1OC. The van der Waals surface area contributed by atoms with E-state index in [1.807, 2.05) is 6.07 Å². The third-order valence-corrected chi connectivity index (χ3v) is 4.63. The van der Waals surface area contributed by atoms with Crippen LogP contribution in [0, 0.1) is 5.82 Å². The maximum absolute atomic E-state index is 13.6. The lowest BCUT2D eigenvalue weighted by Crippen LogP contribution is -2.17. The van der Waals surface area contributed by atoms with Gasteiger partial charge in [-0.3, -0.25) is 4.79 Å². The van der Waals surface area contributed by atoms with Crippen LogP contribution >= 0.6 is 0 Å². The van der Waals surface area contributed by atoms with E-state index in [1.165, 1.54) is 19.2 Å². The summed E-state index contributed by atoms with van der Waals surface area (Å²) >= 11 is 0. The molecule has 148 valence electrons. The Morgan fingerprint density at radius 2 is 1.90 bits per heavy atom. The second-order valence-corrected chi connectivity index (χ2v) is 6.44. The average molecular weight is 394 g/mol. The Kier molecular flexibility index (Phi) is 4.95. The van der Waals surface area contributed by atoms with Gasteiger partial charge in [-0.1, -0.05) is 12.1 Å². The number of carbonyl (C=O) groups excluding carboxylic acids is 1. The highest BCUT2D eigenvalue weighted by atomic mass is 19.1. The van der Waals surface area contributed by atoms with Gasteiger partial charge in [0.05, 0.1) is 26.0 Å². The molecule has 0 spiro atoms. The summed E-state index contributed by atoms with van der Waals surface area (Å²) in [6, 6.07) is 14.9. The smallest absolute Gasteiger partial charge is 0.272 e. The third-order valence-electron chi connectivity index (χ3n) is 4.63. The van der Waals surface area contributed by atoms with Crippen molar-refractivity contribution in [1.29, 1.82) is 0 Å². The van der Waals surface area contributed by atoms with Gasteiger partial charge in [-0.2, -0.15) is 0 Å². The Morgan fingerprint density at radius 1 is 1.07 bits per heavy atom. The molecular formula is C22H19FN2O4. The van der Waals surface area contributed by atoms with Crippen LogP contribution in [0.5, 0.6) is 11.5 Å². The standard InChI is InChI=1S/C22H19FN2O4/c1-27-19-7-6-16(11-21(19)28-2)24-22(26)18-12-20-17(8-9-29-20)25(18)13-14-4-3-5-15(23)10-14/h3-12H,13H2,1-2H3,(H,24,26). The van der Waals surface area contributed by atoms with E-state index in [9.17, 15) is 9.18 Å². The number of methoxy groups -OCH3 is 2. The van der Waals surface area contributed by atoms with Gasteiger partial charge in [0.25, 0.3) is 5.91 Å². The van der Waals surface area contributed by atoms with Gasteiger partial charge in [0.2, 0.25) is 0 Å². The number of rotatable bonds is 6. The maximum Gasteiger partial charge on any atom is 0.272 e. The number of furan rings is 1. The molecule has 0 aliphatic carbocycles. The number of halogens is 1. The largest absolute Gasteiger partial charge is 0.493 e. The number of carbonyl (C=O) groups is 1. The zero-order valence-corrected chi connectivity index (χ0v) is 15.9. The number of hydrogen-bond acceptors (Lipinski definition) is 4. The highest BCUT2D eigenvalue weighted by Crippen LogP contribution is 2.30. The van der Waals surface area contributed by atoms with E-state index in [4.69, 9.17) is 13.9 Å². The highest BCUT2D eigenvalue weighted by molar-refractivity contribution is 6.06. The van der Waals surface area contributed by atoms with Crippen LogP contribution in [-0.2, 0) is 6.54 Å². The number of ether oxygens (including phenoxy) is 2. The summed E-state index contributed by atoms with van der Waals surface area (Å²) in [7, 11) is 3.08. The first-order valence-corrected chi connectivity index (χ1v) is 8.93. The molecule has 2 aromatic heterocycles. The van der Waals surface area contributed by atoms with Crippen molar-refractivity contribution in [3.8, 4) is 11.5 Å². The molecule has 0 radical (unpaired) electrons. The van der Waals surface area contributed by atoms with Gasteiger partial charge in [0, 0.05) is 30.4 Å². The predicted octanol–water partition coefficient (Wildman–Crippen LogP) is 4.69. The number of aromatic nitrogens is 1. The predicted molar refractivity (Wildman–Crippen MR) is 107 cm³/mol. The topological polar surface area (TPSA) is 65.6 Å². The normalized spacial score (nSPS) is 10.9. The van der Waals surface area contributed by atoms with Gasteiger partial charge in [0.1, 0.15) is 11.5 Å². The summed E-state index contributed by atoms with van der Waals surface area (Å²) in [5.41, 5.74) is 3.04. The zero-order chi connectivity index (χ0) is 20.4. The van der Waals surface area contributed by atoms with E-state index >= 15 is 0 Å². The van der Waals surface area contributed by atoms with Crippen molar-refractivity contribution in [3.63, 3.8) is 0 Å². The van der Waals surface area contributed by atoms with E-state index in [0.29, 0.717) is 35.0 Å². The summed E-state index contributed by atoms with van der Waals surface area (Å²) in [6.07, 6.45) is 1.56. The van der Waals surface area contributed by atoms with E-state index in [1.54, 1.807) is 54.3 Å². The second kappa shape index (κ2) is 7.71. The fourth-order valence-corrected chi connectivity index (χ4v) is 3.26. The Labute approximate surface area is 166 Å². The van der Waals surface area contributed by atoms with E-state index in [-0.39, 0.29) is 11.7 Å². The van der Waals surface area contributed by atoms with Crippen molar-refractivity contribution >= 4 is 22.7 Å². The van der Waals surface area contributed by atoms with Crippen LogP contribution in [0.2, 0.25) is 0 Å². The molecule has 4 aromatic rings. The molecule has 0 fully saturated rings. The van der Waals surface area contributed by atoms with Crippen molar-refractivity contribution < 1.29 is 23.1 Å². The van der Waals surface area contributed by atoms with E-state index < -0.39 is 0 Å². The molecule has 0 aliphatic rings. The number of amides is 1. The number of nitrogens with one attached hydrogen (secondary N) is 1. The quantitative estimate of drug-likeness (QED) is 0.515. The molecule has 0 unspecified atom stereocenters. The first-order valence-electron chi connectivity index (χ1n) is 8.93. The van der Waals surface area contributed by atoms with E-state index in [0.717, 1.165) is 11.1 Å². The molecule has 0 aliphatic heterocycles. The van der Waals surface area contributed by atoms with Crippen LogP contribution in [0.1, 0.15) is 16.1 Å². The molecule has 2 heterocycles. The van der Waals surface area contributed by atoms with Gasteiger partial charge in [0.15, 0.2) is 17.1 Å². The summed E-state index contributed by atoms with van der Waals surface area (Å²) in [5, 5.41) is 2.86. The van der Waals surface area contributed by atoms with Crippen molar-refractivity contribution in [2.45, 2.75) is 6.54 Å². The Bertz CT molecular complexity index is 1180. The maximum atomic E-state index is 13.6. The lowest BCUT2D eigenvalue weighted by Gasteiger charge is -2.13. The molecule has 4 rings (SSSR count). The molecule has 6 nitrogen and oxygen atoms in total. The van der Waals surface area contributed by atoms with Gasteiger partial charge in [-0.25, -0.2) is 4.39 Å². The number of benzene rings is 2. The van der Waals surface area contributed by atoms with Crippen LogP contribution in [0.4, 0.5) is 10.1 Å². The average Bonchev–Trinajstić information content (AvgIpc) is 3.30. The van der Waals surface area contributed by atoms with Crippen molar-refractivity contribution in [3.05, 3.63) is 77.9 Å². The summed E-state index contributed by atoms with van der Waals surface area (Å²) in [6.45, 7) is 0.329. The first kappa shape index (κ1) is 18.6. The van der Waals surface area contributed by atoms with Gasteiger partial charge < -0.3 is 23.8 Å². The molecule has 0 saturated carbocycles. The van der Waals surface area contributed by atoms with E-state index in [2.05, 4.69) is 5.32 Å². The molecule has 29 heavy (non-hydrogen) atoms. The van der Waals surface area contributed by atoms with Crippen LogP contribution in [-0.4, -0.2) is 24.7 Å². The summed E-state index contributed by atoms with van der Waals surface area (Å²) in [4.78, 5) is 13.0. The van der Waals surface area contributed by atoms with Crippen molar-refractivity contribution in [2.75, 3.05) is 19.5 Å². The molecule has 0 atom stereocenters. The number of nitrogens with zero attached hydrogens (tertiary/aromatic N) is 1. The molecule has 0 saturated heterocycles.